The number of ether oxygens (including phenoxy) is 1. The van der Waals surface area contributed by atoms with Crippen LogP contribution >= 0.6 is 15.9 Å². The monoisotopic (exact) mass is 258 g/mol. The van der Waals surface area contributed by atoms with Crippen molar-refractivity contribution in [3.63, 3.8) is 0 Å². The zero-order valence-electron chi connectivity index (χ0n) is 7.28. The van der Waals surface area contributed by atoms with Gasteiger partial charge in [-0.1, -0.05) is 0 Å². The molecule has 1 aromatic carbocycles. The van der Waals surface area contributed by atoms with Crippen molar-refractivity contribution in [2.75, 3.05) is 7.11 Å². The second-order valence-electron chi connectivity index (χ2n) is 2.51. The van der Waals surface area contributed by atoms with Gasteiger partial charge in [-0.3, -0.25) is 4.79 Å². The Kier molecular flexibility index (Phi) is 3.24. The van der Waals surface area contributed by atoms with E-state index < -0.39 is 5.97 Å². The second-order valence-corrected chi connectivity index (χ2v) is 3.36. The van der Waals surface area contributed by atoms with Crippen molar-refractivity contribution in [2.45, 2.75) is 0 Å². The van der Waals surface area contributed by atoms with Gasteiger partial charge in [-0.2, -0.15) is 0 Å². The van der Waals surface area contributed by atoms with Crippen LogP contribution in [0.25, 0.3) is 0 Å². The van der Waals surface area contributed by atoms with E-state index in [0.29, 0.717) is 6.29 Å². The Labute approximate surface area is 88.6 Å². The number of carbonyl (C=O) groups excluding carboxylic acids is 2. The number of methoxy groups -OCH3 is 1. The van der Waals surface area contributed by atoms with Gasteiger partial charge in [0, 0.05) is 0 Å². The largest absolute Gasteiger partial charge is 0.506 e. The number of benzene rings is 1. The number of rotatable bonds is 2. The van der Waals surface area contributed by atoms with E-state index in [9.17, 15) is 14.7 Å². The molecule has 0 aliphatic heterocycles. The maximum Gasteiger partial charge on any atom is 0.337 e. The lowest BCUT2D eigenvalue weighted by atomic mass is 10.1. The molecule has 0 bridgehead atoms. The molecule has 1 rings (SSSR count). The van der Waals surface area contributed by atoms with E-state index in [1.807, 2.05) is 0 Å². The molecule has 0 radical (unpaired) electrons. The average Bonchev–Trinajstić information content (AvgIpc) is 2.20. The van der Waals surface area contributed by atoms with Crippen molar-refractivity contribution in [1.29, 1.82) is 0 Å². The molecule has 4 nitrogen and oxygen atoms in total. The molecular weight excluding hydrogens is 252 g/mol. The van der Waals surface area contributed by atoms with E-state index in [1.165, 1.54) is 19.2 Å². The first-order valence-electron chi connectivity index (χ1n) is 3.66. The van der Waals surface area contributed by atoms with E-state index in [0.717, 1.165) is 0 Å². The van der Waals surface area contributed by atoms with E-state index in [4.69, 9.17) is 0 Å². The SMILES string of the molecule is COC(=O)c1cc(Br)c(O)c(C=O)c1. The molecular formula is C9H7BrO4. The summed E-state index contributed by atoms with van der Waals surface area (Å²) < 4.78 is 4.75. The van der Waals surface area contributed by atoms with Gasteiger partial charge >= 0.3 is 5.97 Å². The van der Waals surface area contributed by atoms with Crippen LogP contribution in [-0.2, 0) is 4.74 Å². The Bertz CT molecular complexity index is 387. The predicted octanol–water partition coefficient (Wildman–Crippen LogP) is 1.75. The third kappa shape index (κ3) is 1.93. The third-order valence-electron chi connectivity index (χ3n) is 1.64. The molecule has 0 aliphatic rings. The highest BCUT2D eigenvalue weighted by Crippen LogP contribution is 2.28. The first kappa shape index (κ1) is 10.7. The van der Waals surface area contributed by atoms with E-state index >= 15 is 0 Å². The van der Waals surface area contributed by atoms with Crippen LogP contribution < -0.4 is 0 Å². The summed E-state index contributed by atoms with van der Waals surface area (Å²) in [5.74, 6) is -0.749. The fourth-order valence-corrected chi connectivity index (χ4v) is 1.42. The number of halogens is 1. The summed E-state index contributed by atoms with van der Waals surface area (Å²) in [6.45, 7) is 0. The number of phenols is 1. The standard InChI is InChI=1S/C9H7BrO4/c1-14-9(13)5-2-6(4-11)8(12)7(10)3-5/h2-4,12H,1H3. The topological polar surface area (TPSA) is 63.6 Å². The summed E-state index contributed by atoms with van der Waals surface area (Å²) in [5.41, 5.74) is 0.249. The maximum absolute atomic E-state index is 11.1. The summed E-state index contributed by atoms with van der Waals surface area (Å²) in [7, 11) is 1.24. The van der Waals surface area contributed by atoms with Crippen LogP contribution in [0.3, 0.4) is 0 Å². The first-order valence-corrected chi connectivity index (χ1v) is 4.45. The van der Waals surface area contributed by atoms with Gasteiger partial charge in [-0.25, -0.2) is 4.79 Å². The van der Waals surface area contributed by atoms with Crippen molar-refractivity contribution in [3.05, 3.63) is 27.7 Å². The molecule has 0 amide bonds. The van der Waals surface area contributed by atoms with Gasteiger partial charge in [0.05, 0.1) is 22.7 Å². The number of phenolic OH excluding ortho intramolecular Hbond substituents is 1. The molecule has 1 aromatic rings. The second kappa shape index (κ2) is 4.23. The molecule has 0 atom stereocenters. The van der Waals surface area contributed by atoms with Crippen LogP contribution in [0.1, 0.15) is 20.7 Å². The Balaban J connectivity index is 3.29. The lowest BCUT2D eigenvalue weighted by Gasteiger charge is -2.04. The highest BCUT2D eigenvalue weighted by atomic mass is 79.9. The molecule has 0 saturated heterocycles. The molecule has 1 N–H and O–H groups in total. The van der Waals surface area contributed by atoms with Crippen molar-refractivity contribution in [2.24, 2.45) is 0 Å². The normalized spacial score (nSPS) is 9.57. The van der Waals surface area contributed by atoms with Gasteiger partial charge < -0.3 is 9.84 Å². The van der Waals surface area contributed by atoms with Crippen LogP contribution in [0.15, 0.2) is 16.6 Å². The minimum Gasteiger partial charge on any atom is -0.506 e. The van der Waals surface area contributed by atoms with Gasteiger partial charge in [0.15, 0.2) is 6.29 Å². The summed E-state index contributed by atoms with van der Waals surface area (Å²) in [6, 6.07) is 2.65. The Hall–Kier alpha value is -1.36. The zero-order chi connectivity index (χ0) is 10.7. The maximum atomic E-state index is 11.1. The summed E-state index contributed by atoms with van der Waals surface area (Å²) in [6.07, 6.45) is 0.465. The van der Waals surface area contributed by atoms with Crippen LogP contribution in [0, 0.1) is 0 Å². The molecule has 0 aromatic heterocycles. The van der Waals surface area contributed by atoms with E-state index in [2.05, 4.69) is 20.7 Å². The smallest absolute Gasteiger partial charge is 0.337 e. The summed E-state index contributed by atoms with van der Waals surface area (Å²) in [5, 5.41) is 9.35. The predicted molar refractivity (Wildman–Crippen MR) is 52.5 cm³/mol. The van der Waals surface area contributed by atoms with Crippen molar-refractivity contribution in [1.82, 2.24) is 0 Å². The van der Waals surface area contributed by atoms with Gasteiger partial charge in [0.25, 0.3) is 0 Å². The lowest BCUT2D eigenvalue weighted by Crippen LogP contribution is -2.02. The van der Waals surface area contributed by atoms with Crippen molar-refractivity contribution in [3.8, 4) is 5.75 Å². The molecule has 74 valence electrons. The first-order chi connectivity index (χ1) is 6.60. The highest BCUT2D eigenvalue weighted by molar-refractivity contribution is 9.10. The molecule has 14 heavy (non-hydrogen) atoms. The van der Waals surface area contributed by atoms with Gasteiger partial charge in [-0.05, 0) is 28.1 Å². The zero-order valence-corrected chi connectivity index (χ0v) is 8.87. The van der Waals surface area contributed by atoms with Crippen LogP contribution in [0.4, 0.5) is 0 Å². The van der Waals surface area contributed by atoms with E-state index in [1.54, 1.807) is 0 Å². The Morgan fingerprint density at radius 2 is 2.21 bits per heavy atom. The lowest BCUT2D eigenvalue weighted by molar-refractivity contribution is 0.0600. The number of carbonyl (C=O) groups is 2. The van der Waals surface area contributed by atoms with Crippen molar-refractivity contribution >= 4 is 28.2 Å². The third-order valence-corrected chi connectivity index (χ3v) is 2.25. The Morgan fingerprint density at radius 1 is 1.57 bits per heavy atom. The van der Waals surface area contributed by atoms with Gasteiger partial charge in [0.2, 0.25) is 0 Å². The molecule has 0 spiro atoms. The van der Waals surface area contributed by atoms with E-state index in [-0.39, 0.29) is 21.3 Å². The van der Waals surface area contributed by atoms with Crippen LogP contribution in [-0.4, -0.2) is 24.5 Å². The molecule has 0 saturated carbocycles. The Morgan fingerprint density at radius 3 is 2.71 bits per heavy atom. The number of aldehydes is 1. The number of esters is 1. The minimum atomic E-state index is -0.561. The summed E-state index contributed by atoms with van der Waals surface area (Å²) >= 11 is 3.02. The summed E-state index contributed by atoms with van der Waals surface area (Å²) in [4.78, 5) is 21.6. The highest BCUT2D eigenvalue weighted by Gasteiger charge is 2.12. The molecule has 0 heterocycles. The fraction of sp³-hybridized carbons (Fsp3) is 0.111. The number of aromatic hydroxyl groups is 1. The number of hydrogen-bond donors (Lipinski definition) is 1. The van der Waals surface area contributed by atoms with Crippen LogP contribution in [0.5, 0.6) is 5.75 Å². The number of hydrogen-bond acceptors (Lipinski definition) is 4. The van der Waals surface area contributed by atoms with Crippen molar-refractivity contribution < 1.29 is 19.4 Å². The molecule has 0 unspecified atom stereocenters. The fourth-order valence-electron chi connectivity index (χ4n) is 0.946. The van der Waals surface area contributed by atoms with Crippen LogP contribution in [0.2, 0.25) is 0 Å². The average molecular weight is 259 g/mol. The van der Waals surface area contributed by atoms with Gasteiger partial charge in [0.1, 0.15) is 5.75 Å². The molecule has 0 aliphatic carbocycles. The van der Waals surface area contributed by atoms with Gasteiger partial charge in [-0.15, -0.1) is 0 Å². The molecule has 5 heteroatoms. The molecule has 0 fully saturated rings. The minimum absolute atomic E-state index is 0.0415. The quantitative estimate of drug-likeness (QED) is 0.649.